The van der Waals surface area contributed by atoms with Crippen LogP contribution in [0.5, 0.6) is 0 Å². The molecule has 132 valence electrons. The lowest BCUT2D eigenvalue weighted by Crippen LogP contribution is -2.17. The monoisotopic (exact) mass is 344 g/mol. The van der Waals surface area contributed by atoms with E-state index in [1.165, 1.54) is 16.7 Å². The Kier molecular flexibility index (Phi) is 5.82. The Labute approximate surface area is 154 Å². The molecule has 3 aromatic rings. The van der Waals surface area contributed by atoms with E-state index in [1.807, 2.05) is 24.3 Å². The minimum Gasteiger partial charge on any atom is -0.366 e. The van der Waals surface area contributed by atoms with Crippen molar-refractivity contribution in [2.75, 3.05) is 6.54 Å². The summed E-state index contributed by atoms with van der Waals surface area (Å²) < 4.78 is 0. The normalized spacial score (nSPS) is 10.7. The molecule has 0 bridgehead atoms. The molecular weight excluding hydrogens is 320 g/mol. The van der Waals surface area contributed by atoms with Crippen molar-refractivity contribution in [3.63, 3.8) is 0 Å². The molecule has 0 atom stereocenters. The standard InChI is InChI=1S/C23H24N2O/c1-17-14-20(19-8-5-9-21(15-19)23(24)26)10-11-22(17)16-25-13-12-18-6-3-2-4-7-18/h2-11,14-15,25H,12-13,16H2,1H3,(H2,24,26). The van der Waals surface area contributed by atoms with Crippen molar-refractivity contribution in [1.29, 1.82) is 0 Å². The fourth-order valence-electron chi connectivity index (χ4n) is 3.03. The van der Waals surface area contributed by atoms with Gasteiger partial charge in [-0.2, -0.15) is 0 Å². The van der Waals surface area contributed by atoms with Gasteiger partial charge >= 0.3 is 0 Å². The molecule has 0 aromatic heterocycles. The quantitative estimate of drug-likeness (QED) is 0.634. The molecule has 3 nitrogen and oxygen atoms in total. The van der Waals surface area contributed by atoms with E-state index in [0.29, 0.717) is 5.56 Å². The van der Waals surface area contributed by atoms with Crippen molar-refractivity contribution in [3.05, 3.63) is 95.1 Å². The molecule has 26 heavy (non-hydrogen) atoms. The lowest BCUT2D eigenvalue weighted by molar-refractivity contribution is 0.100. The maximum absolute atomic E-state index is 11.4. The van der Waals surface area contributed by atoms with Crippen molar-refractivity contribution in [3.8, 4) is 11.1 Å². The van der Waals surface area contributed by atoms with Crippen LogP contribution in [-0.2, 0) is 13.0 Å². The van der Waals surface area contributed by atoms with Crippen LogP contribution in [-0.4, -0.2) is 12.5 Å². The second-order valence-corrected chi connectivity index (χ2v) is 6.50. The van der Waals surface area contributed by atoms with Gasteiger partial charge in [0.25, 0.3) is 0 Å². The molecular formula is C23H24N2O. The van der Waals surface area contributed by atoms with E-state index in [-0.39, 0.29) is 0 Å². The fraction of sp³-hybridized carbons (Fsp3) is 0.174. The Balaban J connectivity index is 1.62. The first kappa shape index (κ1) is 17.9. The summed E-state index contributed by atoms with van der Waals surface area (Å²) in [5.74, 6) is -0.400. The molecule has 0 aliphatic rings. The number of nitrogens with one attached hydrogen (secondary N) is 1. The van der Waals surface area contributed by atoms with Crippen LogP contribution >= 0.6 is 0 Å². The zero-order valence-electron chi connectivity index (χ0n) is 15.0. The summed E-state index contributed by atoms with van der Waals surface area (Å²) in [6.07, 6.45) is 1.03. The van der Waals surface area contributed by atoms with E-state index < -0.39 is 5.91 Å². The highest BCUT2D eigenvalue weighted by Crippen LogP contribution is 2.23. The molecule has 0 aliphatic carbocycles. The number of aryl methyl sites for hydroxylation is 1. The Hall–Kier alpha value is -2.91. The third-order valence-corrected chi connectivity index (χ3v) is 4.57. The lowest BCUT2D eigenvalue weighted by atomic mass is 9.98. The van der Waals surface area contributed by atoms with Crippen LogP contribution in [0.4, 0.5) is 0 Å². The van der Waals surface area contributed by atoms with E-state index in [1.54, 1.807) is 6.07 Å². The molecule has 3 aromatic carbocycles. The van der Waals surface area contributed by atoms with Gasteiger partial charge in [-0.1, -0.05) is 60.7 Å². The smallest absolute Gasteiger partial charge is 0.248 e. The first-order valence-electron chi connectivity index (χ1n) is 8.88. The van der Waals surface area contributed by atoms with E-state index >= 15 is 0 Å². The van der Waals surface area contributed by atoms with Gasteiger partial charge in [0, 0.05) is 12.1 Å². The Bertz CT molecular complexity index is 888. The number of primary amides is 1. The van der Waals surface area contributed by atoms with Gasteiger partial charge in [0.2, 0.25) is 5.91 Å². The maximum Gasteiger partial charge on any atom is 0.248 e. The van der Waals surface area contributed by atoms with E-state index in [4.69, 9.17) is 5.73 Å². The van der Waals surface area contributed by atoms with Crippen LogP contribution in [0.1, 0.15) is 27.0 Å². The summed E-state index contributed by atoms with van der Waals surface area (Å²) in [6, 6.07) is 24.4. The van der Waals surface area contributed by atoms with Crippen LogP contribution in [0.3, 0.4) is 0 Å². The molecule has 3 heteroatoms. The van der Waals surface area contributed by atoms with E-state index in [2.05, 4.69) is 54.7 Å². The van der Waals surface area contributed by atoms with Crippen molar-refractivity contribution >= 4 is 5.91 Å². The predicted molar refractivity (Wildman–Crippen MR) is 107 cm³/mol. The molecule has 0 aliphatic heterocycles. The topological polar surface area (TPSA) is 55.1 Å². The molecule has 3 N–H and O–H groups in total. The van der Waals surface area contributed by atoms with Gasteiger partial charge in [0.1, 0.15) is 0 Å². The minimum absolute atomic E-state index is 0.400. The van der Waals surface area contributed by atoms with Crippen LogP contribution in [0.2, 0.25) is 0 Å². The molecule has 0 radical (unpaired) electrons. The summed E-state index contributed by atoms with van der Waals surface area (Å²) in [5, 5.41) is 3.51. The molecule has 0 saturated carbocycles. The van der Waals surface area contributed by atoms with Gasteiger partial charge in [-0.3, -0.25) is 4.79 Å². The van der Waals surface area contributed by atoms with Crippen molar-refractivity contribution in [2.24, 2.45) is 5.73 Å². The summed E-state index contributed by atoms with van der Waals surface area (Å²) in [5.41, 5.74) is 11.9. The highest BCUT2D eigenvalue weighted by molar-refractivity contribution is 5.94. The van der Waals surface area contributed by atoms with Gasteiger partial charge in [0.05, 0.1) is 0 Å². The molecule has 0 saturated heterocycles. The lowest BCUT2D eigenvalue weighted by Gasteiger charge is -2.11. The van der Waals surface area contributed by atoms with Gasteiger partial charge < -0.3 is 11.1 Å². The van der Waals surface area contributed by atoms with Gasteiger partial charge in [-0.05, 0) is 59.8 Å². The average Bonchev–Trinajstić information content (AvgIpc) is 2.67. The second kappa shape index (κ2) is 8.45. The minimum atomic E-state index is -0.400. The highest BCUT2D eigenvalue weighted by atomic mass is 16.1. The molecule has 0 unspecified atom stereocenters. The summed E-state index contributed by atoms with van der Waals surface area (Å²) in [6.45, 7) is 3.92. The van der Waals surface area contributed by atoms with Crippen molar-refractivity contribution < 1.29 is 4.79 Å². The van der Waals surface area contributed by atoms with Gasteiger partial charge in [-0.25, -0.2) is 0 Å². The Morgan fingerprint density at radius 3 is 2.42 bits per heavy atom. The van der Waals surface area contributed by atoms with Gasteiger partial charge in [-0.15, -0.1) is 0 Å². The maximum atomic E-state index is 11.4. The Morgan fingerprint density at radius 2 is 1.69 bits per heavy atom. The number of benzene rings is 3. The summed E-state index contributed by atoms with van der Waals surface area (Å²) >= 11 is 0. The van der Waals surface area contributed by atoms with E-state index in [9.17, 15) is 4.79 Å². The van der Waals surface area contributed by atoms with Crippen molar-refractivity contribution in [1.82, 2.24) is 5.32 Å². The highest BCUT2D eigenvalue weighted by Gasteiger charge is 2.05. The van der Waals surface area contributed by atoms with Crippen LogP contribution < -0.4 is 11.1 Å². The zero-order valence-corrected chi connectivity index (χ0v) is 15.0. The molecule has 1 amide bonds. The number of carbonyl (C=O) groups excluding carboxylic acids is 1. The molecule has 0 heterocycles. The first-order chi connectivity index (χ1) is 12.6. The van der Waals surface area contributed by atoms with Crippen LogP contribution in [0.15, 0.2) is 72.8 Å². The number of hydrogen-bond acceptors (Lipinski definition) is 2. The fourth-order valence-corrected chi connectivity index (χ4v) is 3.03. The van der Waals surface area contributed by atoms with Gasteiger partial charge in [0.15, 0.2) is 0 Å². The average molecular weight is 344 g/mol. The SMILES string of the molecule is Cc1cc(-c2cccc(C(N)=O)c2)ccc1CNCCc1ccccc1. The first-order valence-corrected chi connectivity index (χ1v) is 8.88. The molecule has 0 fully saturated rings. The number of hydrogen-bond donors (Lipinski definition) is 2. The molecule has 3 rings (SSSR count). The zero-order chi connectivity index (χ0) is 18.4. The van der Waals surface area contributed by atoms with Crippen LogP contribution in [0, 0.1) is 6.92 Å². The molecule has 0 spiro atoms. The van der Waals surface area contributed by atoms with Crippen LogP contribution in [0.25, 0.3) is 11.1 Å². The summed E-state index contributed by atoms with van der Waals surface area (Å²) in [4.78, 5) is 11.4. The summed E-state index contributed by atoms with van der Waals surface area (Å²) in [7, 11) is 0. The number of carbonyl (C=O) groups is 1. The predicted octanol–water partition coefficient (Wildman–Crippen LogP) is 4.09. The Morgan fingerprint density at radius 1 is 0.923 bits per heavy atom. The largest absolute Gasteiger partial charge is 0.366 e. The van der Waals surface area contributed by atoms with E-state index in [0.717, 1.165) is 30.6 Å². The number of amides is 1. The second-order valence-electron chi connectivity index (χ2n) is 6.50. The third kappa shape index (κ3) is 4.58. The van der Waals surface area contributed by atoms with Crippen molar-refractivity contribution in [2.45, 2.75) is 19.9 Å². The third-order valence-electron chi connectivity index (χ3n) is 4.57. The number of nitrogens with two attached hydrogens (primary N) is 1. The number of rotatable bonds is 7.